The zero-order chi connectivity index (χ0) is 4.28. The van der Waals surface area contributed by atoms with Gasteiger partial charge in [-0.15, -0.1) is 11.6 Å². The monoisotopic (exact) mass is 114 g/mol. The minimum absolute atomic E-state index is 0. The molecule has 0 unspecified atom stereocenters. The topological polar surface area (TPSA) is 37.3 Å². The molecule has 0 aromatic heterocycles. The molecule has 0 radical (unpaired) electrons. The molecule has 0 aliphatic carbocycles. The summed E-state index contributed by atoms with van der Waals surface area (Å²) in [4.78, 5) is 9.24. The van der Waals surface area contributed by atoms with Crippen LogP contribution in [0.4, 0.5) is 4.70 Å². The molecule has 0 atom stereocenters. The van der Waals surface area contributed by atoms with Crippen molar-refractivity contribution in [3.8, 4) is 0 Å². The van der Waals surface area contributed by atoms with Gasteiger partial charge in [0, 0.05) is 0 Å². The SMILES string of the molecule is F.O=C(O)CCl. The van der Waals surface area contributed by atoms with Crippen LogP contribution in [0.25, 0.3) is 0 Å². The predicted molar refractivity (Wildman–Crippen MR) is 20.9 cm³/mol. The third kappa shape index (κ3) is 9.35. The van der Waals surface area contributed by atoms with Gasteiger partial charge in [-0.3, -0.25) is 9.50 Å². The van der Waals surface area contributed by atoms with E-state index in [0.717, 1.165) is 0 Å². The Morgan fingerprint density at radius 2 is 2.00 bits per heavy atom. The van der Waals surface area contributed by atoms with Gasteiger partial charge in [0.1, 0.15) is 5.88 Å². The van der Waals surface area contributed by atoms with E-state index in [4.69, 9.17) is 16.7 Å². The Labute approximate surface area is 39.1 Å². The molecule has 38 valence electrons. The Bertz CT molecular complexity index is 46.8. The number of carboxylic acid groups (broad SMARTS) is 1. The lowest BCUT2D eigenvalue weighted by Gasteiger charge is -1.69. The maximum absolute atomic E-state index is 9.24. The van der Waals surface area contributed by atoms with E-state index < -0.39 is 5.97 Å². The van der Waals surface area contributed by atoms with Crippen molar-refractivity contribution in [1.82, 2.24) is 0 Å². The van der Waals surface area contributed by atoms with Crippen molar-refractivity contribution in [3.05, 3.63) is 0 Å². The highest BCUT2D eigenvalue weighted by Gasteiger charge is 1.83. The fourth-order valence-electron chi connectivity index (χ4n) is 0. The van der Waals surface area contributed by atoms with Gasteiger partial charge in [-0.05, 0) is 0 Å². The van der Waals surface area contributed by atoms with E-state index in [1.54, 1.807) is 0 Å². The quantitative estimate of drug-likeness (QED) is 0.503. The number of halogens is 2. The van der Waals surface area contributed by atoms with Crippen molar-refractivity contribution in [1.29, 1.82) is 0 Å². The molecule has 0 spiro atoms. The molecule has 0 aromatic rings. The molecule has 0 heterocycles. The molecule has 0 saturated carbocycles. The summed E-state index contributed by atoms with van der Waals surface area (Å²) in [7, 11) is 0. The van der Waals surface area contributed by atoms with Gasteiger partial charge in [0.15, 0.2) is 0 Å². The van der Waals surface area contributed by atoms with Crippen LogP contribution in [0.3, 0.4) is 0 Å². The van der Waals surface area contributed by atoms with Gasteiger partial charge in [-0.2, -0.15) is 0 Å². The van der Waals surface area contributed by atoms with Crippen LogP contribution in [-0.2, 0) is 4.79 Å². The fraction of sp³-hybridized carbons (Fsp3) is 0.500. The summed E-state index contributed by atoms with van der Waals surface area (Å²) >= 11 is 4.74. The van der Waals surface area contributed by atoms with Gasteiger partial charge in [0.05, 0.1) is 0 Å². The van der Waals surface area contributed by atoms with Gasteiger partial charge in [0.2, 0.25) is 0 Å². The highest BCUT2D eigenvalue weighted by atomic mass is 35.5. The van der Waals surface area contributed by atoms with Crippen LogP contribution in [-0.4, -0.2) is 17.0 Å². The largest absolute Gasteiger partial charge is 0.480 e. The Balaban J connectivity index is 0. The fourth-order valence-corrected chi connectivity index (χ4v) is 0. The number of rotatable bonds is 1. The molecule has 0 saturated heterocycles. The van der Waals surface area contributed by atoms with E-state index in [2.05, 4.69) is 0 Å². The van der Waals surface area contributed by atoms with Crippen LogP contribution in [0.5, 0.6) is 0 Å². The molecule has 4 heteroatoms. The van der Waals surface area contributed by atoms with Crippen LogP contribution in [0.2, 0.25) is 0 Å². The van der Waals surface area contributed by atoms with Crippen molar-refractivity contribution in [2.24, 2.45) is 0 Å². The minimum atomic E-state index is -0.980. The maximum Gasteiger partial charge on any atom is 0.318 e. The second-order valence-electron chi connectivity index (χ2n) is 0.527. The normalized spacial score (nSPS) is 6.17. The highest BCUT2D eigenvalue weighted by Crippen LogP contribution is 1.67. The number of alkyl halides is 1. The van der Waals surface area contributed by atoms with Gasteiger partial charge in [-0.1, -0.05) is 0 Å². The average Bonchev–Trinajstić information content (AvgIpc) is 1.38. The summed E-state index contributed by atoms with van der Waals surface area (Å²) in [6.07, 6.45) is 0. The summed E-state index contributed by atoms with van der Waals surface area (Å²) in [5.41, 5.74) is 0. The molecule has 6 heavy (non-hydrogen) atoms. The van der Waals surface area contributed by atoms with Crippen molar-refractivity contribution in [3.63, 3.8) is 0 Å². The lowest BCUT2D eigenvalue weighted by Crippen LogP contribution is -1.92. The second kappa shape index (κ2) is 4.69. The molecule has 0 bridgehead atoms. The van der Waals surface area contributed by atoms with E-state index in [9.17, 15) is 4.79 Å². The highest BCUT2D eigenvalue weighted by molar-refractivity contribution is 6.26. The summed E-state index contributed by atoms with van der Waals surface area (Å²) in [6.45, 7) is 0. The standard InChI is InChI=1S/C2H3ClO2.FH/c3-1-2(4)5;/h1H2,(H,4,5);1H. The predicted octanol–water partition coefficient (Wildman–Crippen LogP) is 0.462. The Hall–Kier alpha value is -0.310. The third-order valence-electron chi connectivity index (χ3n) is 0.114. The summed E-state index contributed by atoms with van der Waals surface area (Å²) in [5.74, 6) is -1.29. The van der Waals surface area contributed by atoms with Crippen molar-refractivity contribution < 1.29 is 14.6 Å². The first-order valence-electron chi connectivity index (χ1n) is 1.05. The third-order valence-corrected chi connectivity index (χ3v) is 0.343. The average molecular weight is 115 g/mol. The Kier molecular flexibility index (Phi) is 7.19. The van der Waals surface area contributed by atoms with Crippen molar-refractivity contribution >= 4 is 17.6 Å². The van der Waals surface area contributed by atoms with Crippen LogP contribution in [0, 0.1) is 0 Å². The first-order chi connectivity index (χ1) is 2.27. The van der Waals surface area contributed by atoms with Crippen molar-refractivity contribution in [2.45, 2.75) is 0 Å². The van der Waals surface area contributed by atoms with E-state index in [0.29, 0.717) is 0 Å². The lowest BCUT2D eigenvalue weighted by molar-refractivity contribution is -0.134. The maximum atomic E-state index is 9.24. The molecular formula is C2H4ClFO2. The zero-order valence-corrected chi connectivity index (χ0v) is 3.60. The number of hydrogen-bond acceptors (Lipinski definition) is 1. The molecule has 0 amide bonds. The number of hydrogen-bond donors (Lipinski definition) is 1. The smallest absolute Gasteiger partial charge is 0.318 e. The first kappa shape index (κ1) is 9.19. The number of carboxylic acids is 1. The van der Waals surface area contributed by atoms with Crippen LogP contribution >= 0.6 is 11.6 Å². The Morgan fingerprint density at radius 3 is 2.00 bits per heavy atom. The molecule has 0 fully saturated rings. The summed E-state index contributed by atoms with van der Waals surface area (Å²) in [6, 6.07) is 0. The lowest BCUT2D eigenvalue weighted by atomic mass is 10.8. The number of carbonyl (C=O) groups is 1. The molecule has 1 N–H and O–H groups in total. The molecule has 0 rings (SSSR count). The van der Waals surface area contributed by atoms with Gasteiger partial charge < -0.3 is 5.11 Å². The van der Waals surface area contributed by atoms with E-state index in [1.165, 1.54) is 0 Å². The van der Waals surface area contributed by atoms with Gasteiger partial charge in [-0.25, -0.2) is 0 Å². The minimum Gasteiger partial charge on any atom is -0.480 e. The molecule has 2 nitrogen and oxygen atoms in total. The van der Waals surface area contributed by atoms with E-state index in [-0.39, 0.29) is 10.6 Å². The summed E-state index contributed by atoms with van der Waals surface area (Å²) in [5, 5.41) is 7.59. The summed E-state index contributed by atoms with van der Waals surface area (Å²) < 4.78 is 0. The molecule has 0 aromatic carbocycles. The first-order valence-corrected chi connectivity index (χ1v) is 1.58. The van der Waals surface area contributed by atoms with Gasteiger partial charge >= 0.3 is 5.97 Å². The second-order valence-corrected chi connectivity index (χ2v) is 0.795. The molecule has 0 aliphatic heterocycles. The van der Waals surface area contributed by atoms with Crippen LogP contribution in [0.1, 0.15) is 0 Å². The van der Waals surface area contributed by atoms with Crippen molar-refractivity contribution in [2.75, 3.05) is 5.88 Å². The Morgan fingerprint density at radius 1 is 1.83 bits per heavy atom. The molecule has 0 aliphatic rings. The van der Waals surface area contributed by atoms with Gasteiger partial charge in [0.25, 0.3) is 0 Å². The van der Waals surface area contributed by atoms with Crippen LogP contribution < -0.4 is 0 Å². The van der Waals surface area contributed by atoms with Crippen LogP contribution in [0.15, 0.2) is 0 Å². The molecular weight excluding hydrogens is 110 g/mol. The zero-order valence-electron chi connectivity index (χ0n) is 2.85. The number of aliphatic carboxylic acids is 1. The van der Waals surface area contributed by atoms with E-state index >= 15 is 0 Å². The van der Waals surface area contributed by atoms with E-state index in [1.807, 2.05) is 0 Å².